The van der Waals surface area contributed by atoms with Crippen LogP contribution in [0.15, 0.2) is 18.2 Å². The highest BCUT2D eigenvalue weighted by atomic mass is 32.2. The lowest BCUT2D eigenvalue weighted by Crippen LogP contribution is -2.55. The van der Waals surface area contributed by atoms with E-state index in [1.807, 2.05) is 26.8 Å². The van der Waals surface area contributed by atoms with Crippen molar-refractivity contribution in [2.75, 3.05) is 17.1 Å². The van der Waals surface area contributed by atoms with Crippen LogP contribution in [0, 0.1) is 12.3 Å². The van der Waals surface area contributed by atoms with E-state index in [0.29, 0.717) is 11.4 Å². The van der Waals surface area contributed by atoms with Crippen LogP contribution in [0.5, 0.6) is 5.75 Å². The maximum absolute atomic E-state index is 12.8. The lowest BCUT2D eigenvalue weighted by atomic mass is 9.81. The zero-order valence-corrected chi connectivity index (χ0v) is 17.5. The number of nitrogens with one attached hydrogen (secondary N) is 1. The average molecular weight is 383 g/mol. The summed E-state index contributed by atoms with van der Waals surface area (Å²) < 4.78 is 31.6. The van der Waals surface area contributed by atoms with Crippen molar-refractivity contribution in [2.24, 2.45) is 5.41 Å². The van der Waals surface area contributed by atoms with Gasteiger partial charge in [0, 0.05) is 5.54 Å². The van der Waals surface area contributed by atoms with Crippen LogP contribution in [0.4, 0.5) is 5.69 Å². The van der Waals surface area contributed by atoms with Gasteiger partial charge in [-0.1, -0.05) is 26.8 Å². The highest BCUT2D eigenvalue weighted by Crippen LogP contribution is 2.36. The molecule has 1 N–H and O–H groups in total. The minimum atomic E-state index is -3.52. The second kappa shape index (κ2) is 6.76. The molecule has 1 amide bonds. The van der Waals surface area contributed by atoms with Gasteiger partial charge in [-0.25, -0.2) is 8.42 Å². The van der Waals surface area contributed by atoms with Crippen LogP contribution in [0.1, 0.15) is 46.6 Å². The van der Waals surface area contributed by atoms with E-state index in [4.69, 9.17) is 4.74 Å². The maximum Gasteiger partial charge on any atom is 0.263 e. The lowest BCUT2D eigenvalue weighted by molar-refractivity contribution is -0.129. The third-order valence-corrected chi connectivity index (χ3v) is 5.26. The van der Waals surface area contributed by atoms with Crippen LogP contribution < -0.4 is 14.4 Å². The first-order valence-corrected chi connectivity index (χ1v) is 10.6. The standard InChI is InChI=1S/C19H30N2O4S/c1-13-8-9-15-14(10-13)21(26(7,23)24)11-16(25-15)17(22)20-19(5,6)12-18(2,3)4/h8-10,16H,11-12H2,1-7H3,(H,20,22). The SMILES string of the molecule is Cc1ccc2c(c1)N(S(C)(=O)=O)CC(C(=O)NC(C)(C)CC(C)(C)C)O2. The van der Waals surface area contributed by atoms with Gasteiger partial charge in [0.15, 0.2) is 6.10 Å². The van der Waals surface area contributed by atoms with Crippen LogP contribution in [0.3, 0.4) is 0 Å². The number of aryl methyl sites for hydroxylation is 1. The minimum Gasteiger partial charge on any atom is -0.476 e. The van der Waals surface area contributed by atoms with Crippen molar-refractivity contribution >= 4 is 21.6 Å². The Morgan fingerprint density at radius 1 is 1.27 bits per heavy atom. The van der Waals surface area contributed by atoms with Gasteiger partial charge in [0.1, 0.15) is 5.75 Å². The number of hydrogen-bond donors (Lipinski definition) is 1. The average Bonchev–Trinajstić information content (AvgIpc) is 2.41. The summed E-state index contributed by atoms with van der Waals surface area (Å²) in [5.74, 6) is 0.0974. The number of hydrogen-bond acceptors (Lipinski definition) is 4. The van der Waals surface area contributed by atoms with E-state index in [2.05, 4.69) is 26.1 Å². The predicted molar refractivity (Wildman–Crippen MR) is 104 cm³/mol. The van der Waals surface area contributed by atoms with Gasteiger partial charge in [-0.15, -0.1) is 0 Å². The van der Waals surface area contributed by atoms with Crippen molar-refractivity contribution in [3.63, 3.8) is 0 Å². The molecule has 1 aliphatic rings. The molecule has 146 valence electrons. The second-order valence-electron chi connectivity index (χ2n) is 8.98. The van der Waals surface area contributed by atoms with E-state index in [9.17, 15) is 13.2 Å². The summed E-state index contributed by atoms with van der Waals surface area (Å²) in [5.41, 5.74) is 1.02. The third kappa shape index (κ3) is 5.13. The molecule has 0 saturated heterocycles. The molecule has 1 heterocycles. The molecule has 6 nitrogen and oxygen atoms in total. The number of carbonyl (C=O) groups excluding carboxylic acids is 1. The van der Waals surface area contributed by atoms with Crippen LogP contribution in [0.2, 0.25) is 0 Å². The van der Waals surface area contributed by atoms with E-state index in [0.717, 1.165) is 18.2 Å². The summed E-state index contributed by atoms with van der Waals surface area (Å²) in [6.07, 6.45) is 1.03. The van der Waals surface area contributed by atoms with Crippen LogP contribution in [-0.4, -0.2) is 38.8 Å². The Hall–Kier alpha value is -1.76. The molecule has 0 aliphatic carbocycles. The smallest absolute Gasteiger partial charge is 0.263 e. The first kappa shape index (κ1) is 20.6. The molecule has 26 heavy (non-hydrogen) atoms. The van der Waals surface area contributed by atoms with Crippen molar-refractivity contribution in [3.05, 3.63) is 23.8 Å². The van der Waals surface area contributed by atoms with Crippen LogP contribution >= 0.6 is 0 Å². The van der Waals surface area contributed by atoms with Crippen molar-refractivity contribution in [1.29, 1.82) is 0 Å². The van der Waals surface area contributed by atoms with E-state index in [1.54, 1.807) is 12.1 Å². The molecule has 0 bridgehead atoms. The molecule has 0 spiro atoms. The molecule has 1 unspecified atom stereocenters. The van der Waals surface area contributed by atoms with Crippen LogP contribution in [-0.2, 0) is 14.8 Å². The summed E-state index contributed by atoms with van der Waals surface area (Å²) in [5, 5.41) is 3.01. The molecule has 0 saturated carbocycles. The molecule has 1 atom stereocenters. The lowest BCUT2D eigenvalue weighted by Gasteiger charge is -2.37. The molecule has 1 aromatic rings. The van der Waals surface area contributed by atoms with Gasteiger partial charge in [0.05, 0.1) is 18.5 Å². The Balaban J connectivity index is 2.26. The van der Waals surface area contributed by atoms with Gasteiger partial charge in [-0.05, 0) is 50.3 Å². The molecule has 0 fully saturated rings. The molecule has 1 aromatic carbocycles. The second-order valence-corrected chi connectivity index (χ2v) is 10.9. The summed E-state index contributed by atoms with van der Waals surface area (Å²) in [6, 6.07) is 5.31. The summed E-state index contributed by atoms with van der Waals surface area (Å²) in [6.45, 7) is 12.1. The fourth-order valence-corrected chi connectivity index (χ4v) is 4.50. The fraction of sp³-hybridized carbons (Fsp3) is 0.632. The Morgan fingerprint density at radius 2 is 1.88 bits per heavy atom. The van der Waals surface area contributed by atoms with Gasteiger partial charge in [0.2, 0.25) is 10.0 Å². The highest BCUT2D eigenvalue weighted by molar-refractivity contribution is 7.92. The quantitative estimate of drug-likeness (QED) is 0.869. The summed E-state index contributed by atoms with van der Waals surface area (Å²) in [7, 11) is -3.52. The van der Waals surface area contributed by atoms with Crippen molar-refractivity contribution in [1.82, 2.24) is 5.32 Å². The highest BCUT2D eigenvalue weighted by Gasteiger charge is 2.37. The number of sulfonamides is 1. The van der Waals surface area contributed by atoms with Crippen molar-refractivity contribution < 1.29 is 17.9 Å². The number of benzene rings is 1. The van der Waals surface area contributed by atoms with Gasteiger partial charge in [-0.3, -0.25) is 9.10 Å². The number of fused-ring (bicyclic) bond motifs is 1. The largest absolute Gasteiger partial charge is 0.476 e. The third-order valence-electron chi connectivity index (χ3n) is 4.11. The summed E-state index contributed by atoms with van der Waals surface area (Å²) >= 11 is 0. The number of rotatable bonds is 4. The van der Waals surface area contributed by atoms with E-state index in [1.165, 1.54) is 4.31 Å². The zero-order chi connectivity index (χ0) is 19.9. The first-order valence-electron chi connectivity index (χ1n) is 8.75. The van der Waals surface area contributed by atoms with E-state index in [-0.39, 0.29) is 17.9 Å². The van der Waals surface area contributed by atoms with Crippen molar-refractivity contribution in [2.45, 2.75) is 59.6 Å². The minimum absolute atomic E-state index is 0.0350. The molecule has 0 aromatic heterocycles. The first-order chi connectivity index (χ1) is 11.7. The van der Waals surface area contributed by atoms with Gasteiger partial charge < -0.3 is 10.1 Å². The normalized spacial score (nSPS) is 18.1. The van der Waals surface area contributed by atoms with Gasteiger partial charge in [-0.2, -0.15) is 0 Å². The van der Waals surface area contributed by atoms with Gasteiger partial charge >= 0.3 is 0 Å². The number of ether oxygens (including phenoxy) is 1. The molecule has 0 radical (unpaired) electrons. The molecule has 2 rings (SSSR count). The Labute approximate surface area is 157 Å². The number of carbonyl (C=O) groups is 1. The molecular weight excluding hydrogens is 352 g/mol. The predicted octanol–water partition coefficient (Wildman–Crippen LogP) is 2.85. The molecule has 1 aliphatic heterocycles. The number of nitrogens with zero attached hydrogens (tertiary/aromatic N) is 1. The van der Waals surface area contributed by atoms with E-state index >= 15 is 0 Å². The molecular formula is C19H30N2O4S. The Morgan fingerprint density at radius 3 is 2.42 bits per heavy atom. The number of anilines is 1. The zero-order valence-electron chi connectivity index (χ0n) is 16.7. The van der Waals surface area contributed by atoms with Crippen molar-refractivity contribution in [3.8, 4) is 5.75 Å². The number of amides is 1. The Kier molecular flexibility index (Phi) is 5.34. The van der Waals surface area contributed by atoms with Gasteiger partial charge in [0.25, 0.3) is 5.91 Å². The fourth-order valence-electron chi connectivity index (χ4n) is 3.60. The van der Waals surface area contributed by atoms with E-state index < -0.39 is 21.7 Å². The Bertz CT molecular complexity index is 794. The molecule has 7 heteroatoms. The topological polar surface area (TPSA) is 75.7 Å². The monoisotopic (exact) mass is 382 g/mol. The summed E-state index contributed by atoms with van der Waals surface area (Å²) in [4.78, 5) is 12.8. The maximum atomic E-state index is 12.8. The van der Waals surface area contributed by atoms with Crippen LogP contribution in [0.25, 0.3) is 0 Å².